The molecule has 8 heteroatoms. The van der Waals surface area contributed by atoms with Gasteiger partial charge in [0.2, 0.25) is 0 Å². The van der Waals surface area contributed by atoms with Crippen molar-refractivity contribution < 1.29 is 22.7 Å². The van der Waals surface area contributed by atoms with Gasteiger partial charge in [-0.25, -0.2) is 0 Å². The van der Waals surface area contributed by atoms with Crippen molar-refractivity contribution in [2.24, 2.45) is 7.05 Å². The van der Waals surface area contributed by atoms with Crippen LogP contribution in [0.3, 0.4) is 0 Å². The molecule has 1 amide bonds. The zero-order valence-electron chi connectivity index (χ0n) is 14.3. The number of aromatic nitrogens is 2. The van der Waals surface area contributed by atoms with Crippen LogP contribution in [-0.2, 0) is 24.9 Å². The summed E-state index contributed by atoms with van der Waals surface area (Å²) in [5, 5.41) is 7.09. The Labute approximate surface area is 143 Å². The largest absolute Gasteiger partial charge is 0.411 e. The summed E-state index contributed by atoms with van der Waals surface area (Å²) in [4.78, 5) is 12.3. The summed E-state index contributed by atoms with van der Waals surface area (Å²) in [5.41, 5.74) is 3.63. The molecular weight excluding hydrogens is 335 g/mol. The number of aryl methyl sites for hydroxylation is 2. The Balaban J connectivity index is 1.96. The van der Waals surface area contributed by atoms with E-state index in [1.165, 1.54) is 6.07 Å². The van der Waals surface area contributed by atoms with Crippen molar-refractivity contribution in [3.63, 3.8) is 0 Å². The molecule has 0 unspecified atom stereocenters. The number of hydrogen-bond donors (Lipinski definition) is 1. The van der Waals surface area contributed by atoms with Gasteiger partial charge >= 0.3 is 6.18 Å². The summed E-state index contributed by atoms with van der Waals surface area (Å²) in [5.74, 6) is -0.305. The molecule has 0 saturated heterocycles. The number of benzene rings is 1. The summed E-state index contributed by atoms with van der Waals surface area (Å²) >= 11 is 0. The van der Waals surface area contributed by atoms with Gasteiger partial charge in [0.05, 0.1) is 12.3 Å². The fraction of sp³-hybridized carbons (Fsp3) is 0.412. The van der Waals surface area contributed by atoms with Gasteiger partial charge in [-0.15, -0.1) is 0 Å². The third-order valence-electron chi connectivity index (χ3n) is 3.81. The maximum absolute atomic E-state index is 12.3. The molecule has 0 aliphatic carbocycles. The summed E-state index contributed by atoms with van der Waals surface area (Å²) in [7, 11) is 1.83. The van der Waals surface area contributed by atoms with Crippen LogP contribution >= 0.6 is 0 Å². The number of alkyl halides is 3. The molecular formula is C17H20F3N3O2. The van der Waals surface area contributed by atoms with Crippen LogP contribution in [0.4, 0.5) is 13.2 Å². The Morgan fingerprint density at radius 2 is 2.04 bits per heavy atom. The predicted octanol–water partition coefficient (Wildman–Crippen LogP) is 3.05. The number of hydrogen-bond acceptors (Lipinski definition) is 3. The molecule has 2 rings (SSSR count). The van der Waals surface area contributed by atoms with Crippen LogP contribution in [0.1, 0.15) is 32.9 Å². The third kappa shape index (κ3) is 5.32. The SMILES string of the molecule is Cc1nn(C)c(C)c1CNC(=O)c1cccc(COCC(F)(F)F)c1. The second kappa shape index (κ2) is 7.69. The van der Waals surface area contributed by atoms with E-state index in [1.807, 2.05) is 20.9 Å². The van der Waals surface area contributed by atoms with E-state index < -0.39 is 12.8 Å². The van der Waals surface area contributed by atoms with E-state index in [-0.39, 0.29) is 12.5 Å². The average molecular weight is 355 g/mol. The van der Waals surface area contributed by atoms with E-state index in [0.29, 0.717) is 17.7 Å². The van der Waals surface area contributed by atoms with E-state index in [0.717, 1.165) is 17.0 Å². The van der Waals surface area contributed by atoms with Crippen LogP contribution in [0.15, 0.2) is 24.3 Å². The topological polar surface area (TPSA) is 56.2 Å². The first kappa shape index (κ1) is 19.0. The van der Waals surface area contributed by atoms with Gasteiger partial charge < -0.3 is 10.1 Å². The molecule has 0 atom stereocenters. The van der Waals surface area contributed by atoms with Crippen LogP contribution in [0.25, 0.3) is 0 Å². The van der Waals surface area contributed by atoms with Gasteiger partial charge in [-0.05, 0) is 31.5 Å². The Morgan fingerprint density at radius 3 is 2.64 bits per heavy atom. The van der Waals surface area contributed by atoms with Gasteiger partial charge in [-0.2, -0.15) is 18.3 Å². The molecule has 2 aromatic rings. The second-order valence-corrected chi connectivity index (χ2v) is 5.76. The van der Waals surface area contributed by atoms with Gasteiger partial charge in [0.15, 0.2) is 0 Å². The average Bonchev–Trinajstić information content (AvgIpc) is 2.77. The van der Waals surface area contributed by atoms with Gasteiger partial charge in [-0.3, -0.25) is 9.48 Å². The van der Waals surface area contributed by atoms with Crippen molar-refractivity contribution in [1.29, 1.82) is 0 Å². The second-order valence-electron chi connectivity index (χ2n) is 5.76. The van der Waals surface area contributed by atoms with Crippen molar-refractivity contribution >= 4 is 5.91 Å². The van der Waals surface area contributed by atoms with Gasteiger partial charge in [0, 0.05) is 30.4 Å². The molecule has 0 aliphatic rings. The maximum atomic E-state index is 12.3. The molecule has 1 heterocycles. The molecule has 0 saturated carbocycles. The third-order valence-corrected chi connectivity index (χ3v) is 3.81. The number of amides is 1. The minimum atomic E-state index is -4.37. The fourth-order valence-electron chi connectivity index (χ4n) is 2.43. The number of nitrogens with zero attached hydrogens (tertiary/aromatic N) is 2. The number of rotatable bonds is 6. The number of carbonyl (C=O) groups excluding carboxylic acids is 1. The first-order chi connectivity index (χ1) is 11.7. The molecule has 5 nitrogen and oxygen atoms in total. The molecule has 1 aromatic heterocycles. The number of halogens is 3. The highest BCUT2D eigenvalue weighted by Crippen LogP contribution is 2.16. The Morgan fingerprint density at radius 1 is 1.32 bits per heavy atom. The van der Waals surface area contributed by atoms with Gasteiger partial charge in [-0.1, -0.05) is 12.1 Å². The number of nitrogens with one attached hydrogen (secondary N) is 1. The van der Waals surface area contributed by atoms with Crippen LogP contribution in [-0.4, -0.2) is 28.5 Å². The fourth-order valence-corrected chi connectivity index (χ4v) is 2.43. The van der Waals surface area contributed by atoms with E-state index in [2.05, 4.69) is 15.2 Å². The Kier molecular flexibility index (Phi) is 5.84. The standard InChI is InChI=1S/C17H20F3N3O2/c1-11-15(12(2)23(3)22-11)8-21-16(24)14-6-4-5-13(7-14)9-25-10-17(18,19)20/h4-7H,8-10H2,1-3H3,(H,21,24). The number of ether oxygens (including phenoxy) is 1. The quantitative estimate of drug-likeness (QED) is 0.867. The molecule has 1 aromatic carbocycles. The van der Waals surface area contributed by atoms with Crippen LogP contribution in [0.2, 0.25) is 0 Å². The molecule has 25 heavy (non-hydrogen) atoms. The minimum Gasteiger partial charge on any atom is -0.367 e. The lowest BCUT2D eigenvalue weighted by Gasteiger charge is -2.09. The van der Waals surface area contributed by atoms with E-state index in [1.54, 1.807) is 22.9 Å². The molecule has 0 radical (unpaired) electrons. The first-order valence-corrected chi connectivity index (χ1v) is 7.68. The minimum absolute atomic E-state index is 0.207. The zero-order valence-corrected chi connectivity index (χ0v) is 14.3. The highest BCUT2D eigenvalue weighted by atomic mass is 19.4. The van der Waals surface area contributed by atoms with Crippen molar-refractivity contribution in [3.05, 3.63) is 52.3 Å². The van der Waals surface area contributed by atoms with E-state index in [4.69, 9.17) is 0 Å². The van der Waals surface area contributed by atoms with Crippen LogP contribution in [0.5, 0.6) is 0 Å². The van der Waals surface area contributed by atoms with Gasteiger partial charge in [0.1, 0.15) is 6.61 Å². The summed E-state index contributed by atoms with van der Waals surface area (Å²) in [6, 6.07) is 6.35. The normalized spacial score (nSPS) is 11.6. The van der Waals surface area contributed by atoms with Crippen molar-refractivity contribution in [1.82, 2.24) is 15.1 Å². The lowest BCUT2D eigenvalue weighted by atomic mass is 10.1. The van der Waals surface area contributed by atoms with Crippen LogP contribution < -0.4 is 5.32 Å². The molecule has 1 N–H and O–H groups in total. The molecule has 0 bridgehead atoms. The Hall–Kier alpha value is -2.35. The van der Waals surface area contributed by atoms with Gasteiger partial charge in [0.25, 0.3) is 5.91 Å². The molecule has 136 valence electrons. The highest BCUT2D eigenvalue weighted by Gasteiger charge is 2.27. The molecule has 0 spiro atoms. The van der Waals surface area contributed by atoms with Crippen molar-refractivity contribution in [2.75, 3.05) is 6.61 Å². The monoisotopic (exact) mass is 355 g/mol. The predicted molar refractivity (Wildman–Crippen MR) is 86.0 cm³/mol. The van der Waals surface area contributed by atoms with E-state index in [9.17, 15) is 18.0 Å². The maximum Gasteiger partial charge on any atom is 0.411 e. The smallest absolute Gasteiger partial charge is 0.367 e. The van der Waals surface area contributed by atoms with Crippen LogP contribution in [0, 0.1) is 13.8 Å². The summed E-state index contributed by atoms with van der Waals surface area (Å²) in [6.45, 7) is 2.59. The molecule has 0 fully saturated rings. The van der Waals surface area contributed by atoms with E-state index >= 15 is 0 Å². The summed E-state index contributed by atoms with van der Waals surface area (Å²) in [6.07, 6.45) is -4.37. The van der Waals surface area contributed by atoms with Crippen molar-refractivity contribution in [3.8, 4) is 0 Å². The lowest BCUT2D eigenvalue weighted by Crippen LogP contribution is -2.23. The number of carbonyl (C=O) groups is 1. The first-order valence-electron chi connectivity index (χ1n) is 7.68. The lowest BCUT2D eigenvalue weighted by molar-refractivity contribution is -0.176. The molecule has 0 aliphatic heterocycles. The Bertz CT molecular complexity index is 754. The highest BCUT2D eigenvalue weighted by molar-refractivity contribution is 5.94. The zero-order chi connectivity index (χ0) is 18.6. The van der Waals surface area contributed by atoms with Crippen molar-refractivity contribution in [2.45, 2.75) is 33.2 Å². The summed E-state index contributed by atoms with van der Waals surface area (Å²) < 4.78 is 42.7.